The Hall–Kier alpha value is -2.90. The van der Waals surface area contributed by atoms with E-state index >= 15 is 0 Å². The quantitative estimate of drug-likeness (QED) is 0.330. The summed E-state index contributed by atoms with van der Waals surface area (Å²) in [5.41, 5.74) is 2.22. The van der Waals surface area contributed by atoms with Gasteiger partial charge in [0.1, 0.15) is 0 Å². The lowest BCUT2D eigenvalue weighted by Gasteiger charge is -2.16. The summed E-state index contributed by atoms with van der Waals surface area (Å²) in [6, 6.07) is 22.2. The molecule has 2 nitrogen and oxygen atoms in total. The molecule has 1 aliphatic rings. The highest BCUT2D eigenvalue weighted by Gasteiger charge is 2.36. The van der Waals surface area contributed by atoms with Crippen LogP contribution in [-0.2, 0) is 11.0 Å². The Labute approximate surface area is 181 Å². The number of rotatable bonds is 3. The first kappa shape index (κ1) is 20.4. The smallest absolute Gasteiger partial charge is 0.268 e. The van der Waals surface area contributed by atoms with Gasteiger partial charge in [-0.05, 0) is 41.0 Å². The Kier molecular flexibility index (Phi) is 5.49. The van der Waals surface area contributed by atoms with Gasteiger partial charge in [0.05, 0.1) is 16.2 Å². The van der Waals surface area contributed by atoms with E-state index in [2.05, 4.69) is 0 Å². The van der Waals surface area contributed by atoms with E-state index < -0.39 is 17.6 Å². The van der Waals surface area contributed by atoms with Crippen LogP contribution >= 0.6 is 24.0 Å². The largest absolute Gasteiger partial charge is 0.416 e. The van der Waals surface area contributed by atoms with Gasteiger partial charge in [0.2, 0.25) is 0 Å². The predicted molar refractivity (Wildman–Crippen MR) is 119 cm³/mol. The Bertz CT molecular complexity index is 1140. The molecule has 0 N–H and O–H groups in total. The molecule has 0 aliphatic carbocycles. The number of benzene rings is 3. The monoisotopic (exact) mass is 441 g/mol. The average Bonchev–Trinajstić information content (AvgIpc) is 3.01. The lowest BCUT2D eigenvalue weighted by Crippen LogP contribution is -2.27. The number of carbonyl (C=O) groups is 1. The second kappa shape index (κ2) is 8.08. The van der Waals surface area contributed by atoms with Crippen LogP contribution in [0.5, 0.6) is 0 Å². The van der Waals surface area contributed by atoms with E-state index in [-0.39, 0.29) is 10.0 Å². The molecule has 1 saturated heterocycles. The summed E-state index contributed by atoms with van der Waals surface area (Å²) in [6.07, 6.45) is -2.80. The van der Waals surface area contributed by atoms with Crippen molar-refractivity contribution in [2.24, 2.45) is 0 Å². The van der Waals surface area contributed by atoms with Crippen LogP contribution < -0.4 is 4.90 Å². The highest BCUT2D eigenvalue weighted by Crippen LogP contribution is 2.38. The van der Waals surface area contributed by atoms with Gasteiger partial charge in [0.25, 0.3) is 5.91 Å². The summed E-state index contributed by atoms with van der Waals surface area (Å²) in [4.78, 5) is 14.3. The van der Waals surface area contributed by atoms with E-state index in [0.29, 0.717) is 4.91 Å². The molecule has 0 unspecified atom stereocenters. The molecule has 3 aromatic carbocycles. The predicted octanol–water partition coefficient (Wildman–Crippen LogP) is 6.78. The molecule has 3 aromatic rings. The molecule has 30 heavy (non-hydrogen) atoms. The maximum atomic E-state index is 13.0. The molecule has 150 valence electrons. The van der Waals surface area contributed by atoms with Crippen LogP contribution in [0.15, 0.2) is 83.8 Å². The molecule has 0 aromatic heterocycles. The van der Waals surface area contributed by atoms with E-state index in [9.17, 15) is 18.0 Å². The molecule has 0 radical (unpaired) electrons. The standard InChI is InChI=1S/C23H14F3NOS2/c24-23(25,26)18-7-4-8-19(14-18)27-21(28)20(30-22(27)29)13-15-9-11-17(12-10-15)16-5-2-1-3-6-16/h1-14H/b20-13-. The van der Waals surface area contributed by atoms with Gasteiger partial charge < -0.3 is 0 Å². The van der Waals surface area contributed by atoms with Crippen molar-refractivity contribution in [1.82, 2.24) is 0 Å². The Balaban J connectivity index is 1.59. The van der Waals surface area contributed by atoms with E-state index in [1.165, 1.54) is 12.1 Å². The first-order valence-electron chi connectivity index (χ1n) is 8.94. The van der Waals surface area contributed by atoms with E-state index in [1.807, 2.05) is 54.6 Å². The lowest BCUT2D eigenvalue weighted by molar-refractivity contribution is -0.137. The lowest BCUT2D eigenvalue weighted by atomic mass is 10.0. The molecule has 0 saturated carbocycles. The maximum Gasteiger partial charge on any atom is 0.416 e. The average molecular weight is 441 g/mol. The van der Waals surface area contributed by atoms with Crippen molar-refractivity contribution in [2.75, 3.05) is 4.90 Å². The fourth-order valence-electron chi connectivity index (χ4n) is 3.07. The number of alkyl halides is 3. The highest BCUT2D eigenvalue weighted by atomic mass is 32.2. The summed E-state index contributed by atoms with van der Waals surface area (Å²) >= 11 is 6.33. The Morgan fingerprint density at radius 1 is 0.867 bits per heavy atom. The number of anilines is 1. The first-order chi connectivity index (χ1) is 14.3. The van der Waals surface area contributed by atoms with Crippen molar-refractivity contribution >= 4 is 46.0 Å². The van der Waals surface area contributed by atoms with Crippen molar-refractivity contribution in [3.05, 3.63) is 94.9 Å². The topological polar surface area (TPSA) is 20.3 Å². The summed E-state index contributed by atoms with van der Waals surface area (Å²) in [7, 11) is 0. The van der Waals surface area contributed by atoms with Crippen molar-refractivity contribution in [3.63, 3.8) is 0 Å². The summed E-state index contributed by atoms with van der Waals surface area (Å²) in [5.74, 6) is -0.434. The van der Waals surface area contributed by atoms with Gasteiger partial charge in [-0.1, -0.05) is 84.6 Å². The number of halogens is 3. The zero-order chi connectivity index (χ0) is 21.3. The molecule has 4 rings (SSSR count). The molecule has 7 heteroatoms. The molecule has 1 heterocycles. The molecule has 1 fully saturated rings. The van der Waals surface area contributed by atoms with Gasteiger partial charge >= 0.3 is 6.18 Å². The van der Waals surface area contributed by atoms with E-state index in [1.54, 1.807) is 6.08 Å². The summed E-state index contributed by atoms with van der Waals surface area (Å²) in [5, 5.41) is 0. The van der Waals surface area contributed by atoms with Gasteiger partial charge in [-0.2, -0.15) is 13.2 Å². The van der Waals surface area contributed by atoms with Crippen LogP contribution in [0.3, 0.4) is 0 Å². The third kappa shape index (κ3) is 4.17. The molecular formula is C23H14F3NOS2. The van der Waals surface area contributed by atoms with E-state index in [0.717, 1.165) is 45.5 Å². The van der Waals surface area contributed by atoms with Crippen LogP contribution in [0.25, 0.3) is 17.2 Å². The second-order valence-corrected chi connectivity index (χ2v) is 8.23. The maximum absolute atomic E-state index is 13.0. The Morgan fingerprint density at radius 3 is 2.20 bits per heavy atom. The number of nitrogens with zero attached hydrogens (tertiary/aromatic N) is 1. The molecular weight excluding hydrogens is 427 g/mol. The Morgan fingerprint density at radius 2 is 1.53 bits per heavy atom. The minimum atomic E-state index is -4.49. The van der Waals surface area contributed by atoms with Crippen molar-refractivity contribution in [1.29, 1.82) is 0 Å². The number of thioether (sulfide) groups is 1. The second-order valence-electron chi connectivity index (χ2n) is 6.55. The minimum absolute atomic E-state index is 0.107. The third-order valence-corrected chi connectivity index (χ3v) is 5.84. The van der Waals surface area contributed by atoms with Gasteiger partial charge in [-0.3, -0.25) is 9.69 Å². The minimum Gasteiger partial charge on any atom is -0.268 e. The zero-order valence-corrected chi connectivity index (χ0v) is 17.0. The van der Waals surface area contributed by atoms with Gasteiger partial charge in [-0.25, -0.2) is 0 Å². The zero-order valence-electron chi connectivity index (χ0n) is 15.4. The molecule has 1 amide bonds. The van der Waals surface area contributed by atoms with Crippen molar-refractivity contribution in [2.45, 2.75) is 6.18 Å². The van der Waals surface area contributed by atoms with Gasteiger partial charge in [0, 0.05) is 0 Å². The van der Waals surface area contributed by atoms with Crippen LogP contribution in [0, 0.1) is 0 Å². The highest BCUT2D eigenvalue weighted by molar-refractivity contribution is 8.27. The SMILES string of the molecule is O=C1/C(=C/c2ccc(-c3ccccc3)cc2)SC(=S)N1c1cccc(C(F)(F)F)c1. The van der Waals surface area contributed by atoms with Gasteiger partial charge in [-0.15, -0.1) is 0 Å². The fraction of sp³-hybridized carbons (Fsp3) is 0.0435. The number of carbonyl (C=O) groups excluding carboxylic acids is 1. The van der Waals surface area contributed by atoms with Crippen molar-refractivity contribution in [3.8, 4) is 11.1 Å². The fourth-order valence-corrected chi connectivity index (χ4v) is 4.36. The van der Waals surface area contributed by atoms with Crippen LogP contribution in [0.4, 0.5) is 18.9 Å². The van der Waals surface area contributed by atoms with Crippen LogP contribution in [0.2, 0.25) is 0 Å². The summed E-state index contributed by atoms with van der Waals surface area (Å²) in [6.45, 7) is 0. The first-order valence-corrected chi connectivity index (χ1v) is 10.2. The summed E-state index contributed by atoms with van der Waals surface area (Å²) < 4.78 is 39.2. The number of hydrogen-bond donors (Lipinski definition) is 0. The molecule has 0 bridgehead atoms. The third-order valence-electron chi connectivity index (χ3n) is 4.54. The van der Waals surface area contributed by atoms with Crippen LogP contribution in [-0.4, -0.2) is 10.2 Å². The number of amides is 1. The van der Waals surface area contributed by atoms with Gasteiger partial charge in [0.15, 0.2) is 4.32 Å². The van der Waals surface area contributed by atoms with Crippen LogP contribution in [0.1, 0.15) is 11.1 Å². The normalized spacial score (nSPS) is 15.8. The molecule has 0 atom stereocenters. The molecule has 1 aliphatic heterocycles. The number of hydrogen-bond acceptors (Lipinski definition) is 3. The van der Waals surface area contributed by atoms with E-state index in [4.69, 9.17) is 12.2 Å². The van der Waals surface area contributed by atoms with Crippen molar-refractivity contribution < 1.29 is 18.0 Å². The number of thiocarbonyl (C=S) groups is 1. The molecule has 0 spiro atoms.